The fourth-order valence-electron chi connectivity index (χ4n) is 2.30. The third kappa shape index (κ3) is 1.92. The van der Waals surface area contributed by atoms with Crippen LogP contribution in [0.1, 0.15) is 30.1 Å². The molecule has 0 amide bonds. The summed E-state index contributed by atoms with van der Waals surface area (Å²) in [4.78, 5) is 0. The Bertz CT molecular complexity index is 516. The maximum atomic E-state index is 5.66. The third-order valence-corrected chi connectivity index (χ3v) is 3.25. The minimum absolute atomic E-state index is 0.353. The first kappa shape index (κ1) is 10.7. The van der Waals surface area contributed by atoms with E-state index < -0.39 is 0 Å². The van der Waals surface area contributed by atoms with Crippen LogP contribution in [0.15, 0.2) is 18.3 Å². The summed E-state index contributed by atoms with van der Waals surface area (Å²) < 4.78 is 7.55. The van der Waals surface area contributed by atoms with E-state index in [9.17, 15) is 0 Å². The van der Waals surface area contributed by atoms with E-state index in [0.717, 1.165) is 43.1 Å². The molecule has 90 valence electrons. The molecule has 0 saturated carbocycles. The van der Waals surface area contributed by atoms with Gasteiger partial charge in [0, 0.05) is 25.3 Å². The highest BCUT2D eigenvalue weighted by molar-refractivity contribution is 5.40. The van der Waals surface area contributed by atoms with Gasteiger partial charge in [0.1, 0.15) is 5.82 Å². The summed E-state index contributed by atoms with van der Waals surface area (Å²) in [5.74, 6) is 1.35. The topological polar surface area (TPSA) is 65.4 Å². The Labute approximate surface area is 99.6 Å². The maximum Gasteiger partial charge on any atom is 0.160 e. The molecule has 0 bridgehead atoms. The van der Waals surface area contributed by atoms with Crippen molar-refractivity contribution < 1.29 is 4.74 Å². The third-order valence-electron chi connectivity index (χ3n) is 3.25. The van der Waals surface area contributed by atoms with Crippen molar-refractivity contribution in [3.8, 4) is 0 Å². The molecule has 17 heavy (non-hydrogen) atoms. The van der Waals surface area contributed by atoms with Crippen LogP contribution in [0.5, 0.6) is 0 Å². The number of nitrogens with two attached hydrogens (primary N) is 1. The second-order valence-electron chi connectivity index (χ2n) is 4.44. The van der Waals surface area contributed by atoms with Crippen LogP contribution in [0, 0.1) is 0 Å². The van der Waals surface area contributed by atoms with Crippen molar-refractivity contribution in [3.05, 3.63) is 29.7 Å². The van der Waals surface area contributed by atoms with Crippen molar-refractivity contribution in [2.24, 2.45) is 5.73 Å². The van der Waals surface area contributed by atoms with Crippen LogP contribution in [-0.2, 0) is 11.3 Å². The molecule has 5 heteroatoms. The predicted molar refractivity (Wildman–Crippen MR) is 63.7 cm³/mol. The monoisotopic (exact) mass is 232 g/mol. The summed E-state index contributed by atoms with van der Waals surface area (Å²) in [7, 11) is 0. The minimum atomic E-state index is 0.353. The Kier molecular flexibility index (Phi) is 2.78. The number of nitrogens with zero attached hydrogens (tertiary/aromatic N) is 3. The molecule has 0 spiro atoms. The largest absolute Gasteiger partial charge is 0.381 e. The maximum absolute atomic E-state index is 5.66. The second kappa shape index (κ2) is 4.43. The average molecular weight is 232 g/mol. The highest BCUT2D eigenvalue weighted by atomic mass is 16.5. The lowest BCUT2D eigenvalue weighted by Gasteiger charge is -2.20. The lowest BCUT2D eigenvalue weighted by atomic mass is 10.0. The van der Waals surface area contributed by atoms with Gasteiger partial charge in [-0.05, 0) is 24.5 Å². The number of hydrogen-bond donors (Lipinski definition) is 1. The van der Waals surface area contributed by atoms with Crippen LogP contribution < -0.4 is 5.73 Å². The van der Waals surface area contributed by atoms with E-state index in [1.807, 2.05) is 22.7 Å². The molecule has 0 aromatic carbocycles. The molecule has 3 rings (SSSR count). The van der Waals surface area contributed by atoms with Crippen LogP contribution in [0.2, 0.25) is 0 Å². The molecule has 2 aromatic heterocycles. The van der Waals surface area contributed by atoms with Crippen molar-refractivity contribution in [2.45, 2.75) is 25.3 Å². The first-order valence-electron chi connectivity index (χ1n) is 6.00. The fraction of sp³-hybridized carbons (Fsp3) is 0.500. The molecular weight excluding hydrogens is 216 g/mol. The minimum Gasteiger partial charge on any atom is -0.381 e. The van der Waals surface area contributed by atoms with Gasteiger partial charge >= 0.3 is 0 Å². The van der Waals surface area contributed by atoms with Gasteiger partial charge in [-0.2, -0.15) is 0 Å². The van der Waals surface area contributed by atoms with Gasteiger partial charge in [-0.1, -0.05) is 6.07 Å². The molecule has 1 saturated heterocycles. The predicted octanol–water partition coefficient (Wildman–Crippen LogP) is 1.08. The number of pyridine rings is 1. The summed E-state index contributed by atoms with van der Waals surface area (Å²) in [6.07, 6.45) is 4.24. The molecule has 1 atom stereocenters. The van der Waals surface area contributed by atoms with Crippen molar-refractivity contribution in [1.29, 1.82) is 0 Å². The van der Waals surface area contributed by atoms with Gasteiger partial charge in [0.25, 0.3) is 0 Å². The molecule has 1 aliphatic heterocycles. The highest BCUT2D eigenvalue weighted by Crippen LogP contribution is 2.24. The van der Waals surface area contributed by atoms with E-state index in [1.165, 1.54) is 0 Å². The molecule has 0 radical (unpaired) electrons. The number of ether oxygens (including phenoxy) is 1. The van der Waals surface area contributed by atoms with Gasteiger partial charge in [-0.3, -0.25) is 4.40 Å². The Balaban J connectivity index is 2.02. The smallest absolute Gasteiger partial charge is 0.160 e. The van der Waals surface area contributed by atoms with E-state index in [2.05, 4.69) is 10.2 Å². The quantitative estimate of drug-likeness (QED) is 0.841. The summed E-state index contributed by atoms with van der Waals surface area (Å²) in [6.45, 7) is 2.14. The van der Waals surface area contributed by atoms with E-state index in [-0.39, 0.29) is 0 Å². The van der Waals surface area contributed by atoms with Crippen LogP contribution in [-0.4, -0.2) is 27.8 Å². The zero-order chi connectivity index (χ0) is 11.7. The first-order chi connectivity index (χ1) is 8.38. The Morgan fingerprint density at radius 2 is 2.35 bits per heavy atom. The number of aromatic nitrogens is 3. The van der Waals surface area contributed by atoms with Crippen LogP contribution >= 0.6 is 0 Å². The average Bonchev–Trinajstić information content (AvgIpc) is 2.82. The SMILES string of the molecule is NCc1ccc2nnc(C3CCCOC3)n2c1. The van der Waals surface area contributed by atoms with Crippen molar-refractivity contribution in [1.82, 2.24) is 14.6 Å². The molecule has 1 unspecified atom stereocenters. The highest BCUT2D eigenvalue weighted by Gasteiger charge is 2.21. The van der Waals surface area contributed by atoms with E-state index in [1.54, 1.807) is 0 Å². The van der Waals surface area contributed by atoms with Crippen LogP contribution in [0.25, 0.3) is 5.65 Å². The van der Waals surface area contributed by atoms with Crippen LogP contribution in [0.3, 0.4) is 0 Å². The number of hydrogen-bond acceptors (Lipinski definition) is 4. The lowest BCUT2D eigenvalue weighted by molar-refractivity contribution is 0.0777. The molecule has 5 nitrogen and oxygen atoms in total. The second-order valence-corrected chi connectivity index (χ2v) is 4.44. The van der Waals surface area contributed by atoms with Crippen molar-refractivity contribution >= 4 is 5.65 Å². The Morgan fingerprint density at radius 1 is 1.41 bits per heavy atom. The summed E-state index contributed by atoms with van der Waals surface area (Å²) in [5.41, 5.74) is 7.63. The standard InChI is InChI=1S/C12H16N4O/c13-6-9-3-4-11-14-15-12(16(11)7-9)10-2-1-5-17-8-10/h3-4,7,10H,1-2,5-6,8,13H2. The number of rotatable bonds is 2. The van der Waals surface area contributed by atoms with Gasteiger partial charge < -0.3 is 10.5 Å². The first-order valence-corrected chi connectivity index (χ1v) is 6.00. The summed E-state index contributed by atoms with van der Waals surface area (Å²) >= 11 is 0. The summed E-state index contributed by atoms with van der Waals surface area (Å²) in [6, 6.07) is 3.95. The van der Waals surface area contributed by atoms with E-state index >= 15 is 0 Å². The summed E-state index contributed by atoms with van der Waals surface area (Å²) in [5, 5.41) is 8.47. The van der Waals surface area contributed by atoms with Crippen molar-refractivity contribution in [2.75, 3.05) is 13.2 Å². The fourth-order valence-corrected chi connectivity index (χ4v) is 2.30. The van der Waals surface area contributed by atoms with E-state index in [4.69, 9.17) is 10.5 Å². The van der Waals surface area contributed by atoms with Gasteiger partial charge in [0.2, 0.25) is 0 Å². The molecule has 1 aliphatic rings. The van der Waals surface area contributed by atoms with E-state index in [0.29, 0.717) is 12.5 Å². The zero-order valence-electron chi connectivity index (χ0n) is 9.67. The molecular formula is C12H16N4O. The van der Waals surface area contributed by atoms with Gasteiger partial charge in [-0.15, -0.1) is 10.2 Å². The molecule has 3 heterocycles. The zero-order valence-corrected chi connectivity index (χ0v) is 9.67. The lowest BCUT2D eigenvalue weighted by Crippen LogP contribution is -2.18. The Hall–Kier alpha value is -1.46. The normalized spacial score (nSPS) is 20.9. The van der Waals surface area contributed by atoms with Crippen LogP contribution in [0.4, 0.5) is 0 Å². The molecule has 2 aromatic rings. The van der Waals surface area contributed by atoms with Gasteiger partial charge in [0.05, 0.1) is 6.61 Å². The van der Waals surface area contributed by atoms with Gasteiger partial charge in [-0.25, -0.2) is 0 Å². The van der Waals surface area contributed by atoms with Crippen molar-refractivity contribution in [3.63, 3.8) is 0 Å². The molecule has 0 aliphatic carbocycles. The van der Waals surface area contributed by atoms with Gasteiger partial charge in [0.15, 0.2) is 5.65 Å². The Morgan fingerprint density at radius 3 is 3.12 bits per heavy atom. The molecule has 2 N–H and O–H groups in total. The molecule has 1 fully saturated rings. The number of fused-ring (bicyclic) bond motifs is 1.